The first-order valence-corrected chi connectivity index (χ1v) is 41.2. The molecule has 0 aromatic carbocycles. The minimum atomic E-state index is -4.96. The highest BCUT2D eigenvalue weighted by Crippen LogP contribution is 2.45. The van der Waals surface area contributed by atoms with Crippen LogP contribution in [0.25, 0.3) is 0 Å². The molecule has 93 heavy (non-hydrogen) atoms. The lowest BCUT2D eigenvalue weighted by atomic mass is 10.00. The van der Waals surface area contributed by atoms with E-state index in [1.165, 1.54) is 167 Å². The van der Waals surface area contributed by atoms with E-state index in [1.54, 1.807) is 0 Å². The van der Waals surface area contributed by atoms with Crippen LogP contribution in [0.3, 0.4) is 0 Å². The van der Waals surface area contributed by atoms with Crippen molar-refractivity contribution in [2.75, 3.05) is 39.6 Å². The summed E-state index contributed by atoms with van der Waals surface area (Å²) in [5.74, 6) is 0.911. The van der Waals surface area contributed by atoms with Crippen molar-refractivity contribution in [3.05, 3.63) is 0 Å². The zero-order valence-corrected chi connectivity index (χ0v) is 62.7. The highest BCUT2D eigenvalue weighted by Gasteiger charge is 2.30. The number of aliphatic hydroxyl groups excluding tert-OH is 1. The molecule has 0 saturated carbocycles. The fourth-order valence-corrected chi connectivity index (χ4v) is 12.7. The lowest BCUT2D eigenvalue weighted by Gasteiger charge is -2.21. The van der Waals surface area contributed by atoms with Gasteiger partial charge in [0.2, 0.25) is 0 Å². The van der Waals surface area contributed by atoms with Gasteiger partial charge < -0.3 is 33.8 Å². The molecule has 3 N–H and O–H groups in total. The Balaban J connectivity index is 5.26. The summed E-state index contributed by atoms with van der Waals surface area (Å²) in [7, 11) is -9.91. The first-order chi connectivity index (χ1) is 44.6. The summed E-state index contributed by atoms with van der Waals surface area (Å²) >= 11 is 0. The van der Waals surface area contributed by atoms with E-state index in [0.717, 1.165) is 120 Å². The van der Waals surface area contributed by atoms with E-state index in [2.05, 4.69) is 55.4 Å². The van der Waals surface area contributed by atoms with Crippen LogP contribution >= 0.6 is 15.6 Å². The Hall–Kier alpha value is -1.94. The molecule has 0 aliphatic carbocycles. The molecule has 0 bridgehead atoms. The summed E-state index contributed by atoms with van der Waals surface area (Å²) in [5, 5.41) is 10.6. The lowest BCUT2D eigenvalue weighted by Crippen LogP contribution is -2.30. The Morgan fingerprint density at radius 3 is 0.763 bits per heavy atom. The van der Waals surface area contributed by atoms with E-state index in [9.17, 15) is 43.2 Å². The van der Waals surface area contributed by atoms with E-state index in [-0.39, 0.29) is 25.7 Å². The van der Waals surface area contributed by atoms with Gasteiger partial charge in [-0.15, -0.1) is 0 Å². The average molecular weight is 1370 g/mol. The maximum absolute atomic E-state index is 13.1. The standard InChI is InChI=1S/C74H144O17P2/c1-9-67(8)53-45-37-32-33-39-47-55-72(77)85-61-70(91-74(79)57-49-41-31-25-19-22-28-36-44-52-66(6)7)63-89-93(82,83)87-59-68(75)58-86-92(80,81)88-62-69(90-73(78)56-48-40-30-24-18-14-13-16-21-27-35-43-51-65(4)5)60-84-71(76)54-46-38-29-23-17-12-10-11-15-20-26-34-42-50-64(2)3/h64-70,75H,9-63H2,1-8H3,(H,80,81)(H,82,83)/t67?,68-,69-,70-/m1/s1. The van der Waals surface area contributed by atoms with E-state index in [1.807, 2.05) is 0 Å². The van der Waals surface area contributed by atoms with Crippen LogP contribution < -0.4 is 0 Å². The third kappa shape index (κ3) is 67.0. The van der Waals surface area contributed by atoms with Crippen LogP contribution in [0.4, 0.5) is 0 Å². The van der Waals surface area contributed by atoms with Crippen molar-refractivity contribution in [2.24, 2.45) is 23.7 Å². The van der Waals surface area contributed by atoms with Crippen molar-refractivity contribution < 1.29 is 80.2 Å². The number of unbranched alkanes of at least 4 members (excludes halogenated alkanes) is 36. The van der Waals surface area contributed by atoms with Crippen molar-refractivity contribution in [3.63, 3.8) is 0 Å². The van der Waals surface area contributed by atoms with Crippen molar-refractivity contribution in [2.45, 2.75) is 388 Å². The molecule has 0 aliphatic rings. The number of phosphoric acid groups is 2. The zero-order valence-electron chi connectivity index (χ0n) is 60.9. The first-order valence-electron chi connectivity index (χ1n) is 38.2. The van der Waals surface area contributed by atoms with Crippen molar-refractivity contribution in [1.82, 2.24) is 0 Å². The second-order valence-corrected chi connectivity index (χ2v) is 31.3. The second kappa shape index (κ2) is 63.5. The van der Waals surface area contributed by atoms with Crippen LogP contribution in [0.2, 0.25) is 0 Å². The molecule has 552 valence electrons. The predicted molar refractivity (Wildman–Crippen MR) is 377 cm³/mol. The van der Waals surface area contributed by atoms with Crippen LogP contribution in [-0.4, -0.2) is 96.7 Å². The molecule has 0 amide bonds. The van der Waals surface area contributed by atoms with Crippen LogP contribution in [-0.2, 0) is 65.4 Å². The zero-order chi connectivity index (χ0) is 68.9. The summed E-state index contributed by atoms with van der Waals surface area (Å²) in [5.41, 5.74) is 0. The summed E-state index contributed by atoms with van der Waals surface area (Å²) < 4.78 is 68.4. The van der Waals surface area contributed by atoms with Crippen LogP contribution in [0, 0.1) is 23.7 Å². The Morgan fingerprint density at radius 1 is 0.301 bits per heavy atom. The number of esters is 4. The van der Waals surface area contributed by atoms with Gasteiger partial charge in [0.05, 0.1) is 26.4 Å². The summed E-state index contributed by atoms with van der Waals surface area (Å²) in [6.07, 6.45) is 47.2. The molecule has 0 radical (unpaired) electrons. The number of ether oxygens (including phenoxy) is 4. The SMILES string of the molecule is CCC(C)CCCCCCCCC(=O)OC[C@H](COP(=O)(O)OC[C@H](O)COP(=O)(O)OC[C@@H](COC(=O)CCCCCCCCCCCCCCCC(C)C)OC(=O)CCCCCCCCCCCCCCC(C)C)OC(=O)CCCCCCCCCCCC(C)C. The molecule has 0 spiro atoms. The van der Waals surface area contributed by atoms with Crippen molar-refractivity contribution in [3.8, 4) is 0 Å². The van der Waals surface area contributed by atoms with Crippen molar-refractivity contribution in [1.29, 1.82) is 0 Å². The van der Waals surface area contributed by atoms with Gasteiger partial charge in [-0.25, -0.2) is 9.13 Å². The molecule has 17 nitrogen and oxygen atoms in total. The molecule has 0 aromatic heterocycles. The Labute approximate surface area is 568 Å². The number of hydrogen-bond acceptors (Lipinski definition) is 15. The molecule has 19 heteroatoms. The summed E-state index contributed by atoms with van der Waals surface area (Å²) in [6.45, 7) is 14.1. The third-order valence-electron chi connectivity index (χ3n) is 17.4. The van der Waals surface area contributed by atoms with Gasteiger partial charge in [-0.2, -0.15) is 0 Å². The molecule has 0 heterocycles. The van der Waals surface area contributed by atoms with Gasteiger partial charge in [-0.05, 0) is 49.4 Å². The Morgan fingerprint density at radius 2 is 0.516 bits per heavy atom. The fraction of sp³-hybridized carbons (Fsp3) is 0.946. The lowest BCUT2D eigenvalue weighted by molar-refractivity contribution is -0.161. The Kier molecular flexibility index (Phi) is 62.2. The molecule has 6 atom stereocenters. The molecular weight excluding hydrogens is 1220 g/mol. The minimum absolute atomic E-state index is 0.104. The number of carbonyl (C=O) groups excluding carboxylic acids is 4. The number of carbonyl (C=O) groups is 4. The molecular formula is C74H144O17P2. The maximum Gasteiger partial charge on any atom is 0.472 e. The fourth-order valence-electron chi connectivity index (χ4n) is 11.2. The van der Waals surface area contributed by atoms with Gasteiger partial charge in [0.15, 0.2) is 12.2 Å². The van der Waals surface area contributed by atoms with Crippen LogP contribution in [0.15, 0.2) is 0 Å². The summed E-state index contributed by atoms with van der Waals surface area (Å²) in [6, 6.07) is 0. The average Bonchev–Trinajstić information content (AvgIpc) is 2.17. The van der Waals surface area contributed by atoms with Gasteiger partial charge in [0.1, 0.15) is 19.3 Å². The number of aliphatic hydroxyl groups is 1. The van der Waals surface area contributed by atoms with E-state index < -0.39 is 97.5 Å². The van der Waals surface area contributed by atoms with E-state index in [0.29, 0.717) is 25.7 Å². The van der Waals surface area contributed by atoms with E-state index in [4.69, 9.17) is 37.0 Å². The third-order valence-corrected chi connectivity index (χ3v) is 19.3. The van der Waals surface area contributed by atoms with Gasteiger partial charge in [0, 0.05) is 25.7 Å². The van der Waals surface area contributed by atoms with E-state index >= 15 is 0 Å². The highest BCUT2D eigenvalue weighted by molar-refractivity contribution is 7.47. The van der Waals surface area contributed by atoms with Gasteiger partial charge in [-0.3, -0.25) is 37.3 Å². The first kappa shape index (κ1) is 91.1. The molecule has 0 fully saturated rings. The van der Waals surface area contributed by atoms with Gasteiger partial charge in [-0.1, -0.05) is 319 Å². The smallest absolute Gasteiger partial charge is 0.462 e. The van der Waals surface area contributed by atoms with Gasteiger partial charge >= 0.3 is 39.5 Å². The molecule has 0 saturated heterocycles. The molecule has 0 rings (SSSR count). The predicted octanol–water partition coefficient (Wildman–Crippen LogP) is 21.3. The van der Waals surface area contributed by atoms with Crippen LogP contribution in [0.1, 0.15) is 370 Å². The minimum Gasteiger partial charge on any atom is -0.462 e. The molecule has 0 aromatic rings. The number of hydrogen-bond donors (Lipinski definition) is 3. The van der Waals surface area contributed by atoms with Crippen molar-refractivity contribution >= 4 is 39.5 Å². The Bertz CT molecular complexity index is 1840. The molecule has 3 unspecified atom stereocenters. The summed E-state index contributed by atoms with van der Waals surface area (Å²) in [4.78, 5) is 72.7. The molecule has 0 aliphatic heterocycles. The highest BCUT2D eigenvalue weighted by atomic mass is 31.2. The van der Waals surface area contributed by atoms with Crippen LogP contribution in [0.5, 0.6) is 0 Å². The topological polar surface area (TPSA) is 237 Å². The number of phosphoric ester groups is 2. The quantitative estimate of drug-likeness (QED) is 0.0222. The maximum atomic E-state index is 13.1. The second-order valence-electron chi connectivity index (χ2n) is 28.4. The largest absolute Gasteiger partial charge is 0.472 e. The number of rotatable bonds is 71. The van der Waals surface area contributed by atoms with Gasteiger partial charge in [0.25, 0.3) is 0 Å². The normalized spacial score (nSPS) is 14.5. The monoisotopic (exact) mass is 1370 g/mol.